The van der Waals surface area contributed by atoms with Gasteiger partial charge in [-0.3, -0.25) is 0 Å². The van der Waals surface area contributed by atoms with Crippen LogP contribution in [-0.2, 0) is 0 Å². The van der Waals surface area contributed by atoms with Gasteiger partial charge in [0.1, 0.15) is 5.58 Å². The normalized spacial score (nSPS) is 12.1. The third-order valence-electron chi connectivity index (χ3n) is 5.87. The molecular formula is C26H15NOS. The zero-order valence-electron chi connectivity index (χ0n) is 15.4. The minimum absolute atomic E-state index is 0.958. The SMILES string of the molecule is c1ccc2c(c1)sc1ccc(-n3c4ccccc4c4c5occc5ccc43)cc12. The largest absolute Gasteiger partial charge is 0.464 e. The molecule has 0 bridgehead atoms. The van der Waals surface area contributed by atoms with Crippen LogP contribution in [0.2, 0.25) is 0 Å². The zero-order valence-corrected chi connectivity index (χ0v) is 16.2. The minimum atomic E-state index is 0.958. The fourth-order valence-electron chi connectivity index (χ4n) is 4.61. The van der Waals surface area contributed by atoms with Crippen molar-refractivity contribution in [2.75, 3.05) is 0 Å². The zero-order chi connectivity index (χ0) is 18.9. The number of hydrogen-bond donors (Lipinski definition) is 0. The van der Waals surface area contributed by atoms with Gasteiger partial charge in [0.15, 0.2) is 0 Å². The van der Waals surface area contributed by atoms with E-state index in [0.717, 1.165) is 11.0 Å². The second-order valence-electron chi connectivity index (χ2n) is 7.43. The molecule has 3 heteroatoms. The molecule has 0 aliphatic heterocycles. The second-order valence-corrected chi connectivity index (χ2v) is 8.51. The first-order valence-corrected chi connectivity index (χ1v) is 10.5. The highest BCUT2D eigenvalue weighted by Gasteiger charge is 2.16. The molecule has 0 atom stereocenters. The maximum Gasteiger partial charge on any atom is 0.143 e. The van der Waals surface area contributed by atoms with Gasteiger partial charge in [0, 0.05) is 36.6 Å². The highest BCUT2D eigenvalue weighted by molar-refractivity contribution is 7.25. The molecule has 0 N–H and O–H groups in total. The van der Waals surface area contributed by atoms with Gasteiger partial charge in [-0.2, -0.15) is 0 Å². The van der Waals surface area contributed by atoms with Crippen molar-refractivity contribution < 1.29 is 4.42 Å². The topological polar surface area (TPSA) is 18.1 Å². The summed E-state index contributed by atoms with van der Waals surface area (Å²) in [6, 6.07) is 30.4. The molecule has 29 heavy (non-hydrogen) atoms. The van der Waals surface area contributed by atoms with Crippen molar-refractivity contribution >= 4 is 64.3 Å². The van der Waals surface area contributed by atoms with Crippen LogP contribution >= 0.6 is 11.3 Å². The first kappa shape index (κ1) is 15.4. The first-order chi connectivity index (χ1) is 14.4. The Morgan fingerprint density at radius 1 is 0.655 bits per heavy atom. The summed E-state index contributed by atoms with van der Waals surface area (Å²) in [7, 11) is 0. The number of furan rings is 1. The molecule has 0 radical (unpaired) electrons. The van der Waals surface area contributed by atoms with E-state index in [0.29, 0.717) is 0 Å². The molecule has 0 unspecified atom stereocenters. The van der Waals surface area contributed by atoms with Crippen molar-refractivity contribution in [2.24, 2.45) is 0 Å². The molecular weight excluding hydrogens is 374 g/mol. The van der Waals surface area contributed by atoms with Gasteiger partial charge in [-0.05, 0) is 48.5 Å². The Morgan fingerprint density at radius 2 is 1.48 bits per heavy atom. The van der Waals surface area contributed by atoms with Crippen molar-refractivity contribution in [1.29, 1.82) is 0 Å². The Balaban J connectivity index is 1.65. The maximum absolute atomic E-state index is 5.89. The monoisotopic (exact) mass is 389 g/mol. The average Bonchev–Trinajstić information content (AvgIpc) is 3.46. The van der Waals surface area contributed by atoms with Gasteiger partial charge < -0.3 is 8.98 Å². The molecule has 136 valence electrons. The molecule has 0 aliphatic carbocycles. The van der Waals surface area contributed by atoms with Crippen LogP contribution in [0.1, 0.15) is 0 Å². The standard InChI is InChI=1S/C26H15NOS/c1-3-7-21-19(6-1)25-22(11-9-16-13-14-28-26(16)25)27(21)17-10-12-24-20(15-17)18-5-2-4-8-23(18)29-24/h1-15H. The Labute approximate surface area is 170 Å². The smallest absolute Gasteiger partial charge is 0.143 e. The Bertz CT molecular complexity index is 1710. The molecule has 4 aromatic carbocycles. The van der Waals surface area contributed by atoms with Crippen LogP contribution in [0.4, 0.5) is 0 Å². The Hall–Kier alpha value is -3.56. The predicted molar refractivity (Wildman–Crippen MR) is 123 cm³/mol. The molecule has 0 saturated heterocycles. The van der Waals surface area contributed by atoms with Crippen molar-refractivity contribution in [1.82, 2.24) is 4.57 Å². The highest BCUT2D eigenvalue weighted by atomic mass is 32.1. The van der Waals surface area contributed by atoms with Crippen LogP contribution in [0.25, 0.3) is 58.6 Å². The van der Waals surface area contributed by atoms with Gasteiger partial charge in [0.25, 0.3) is 0 Å². The number of fused-ring (bicyclic) bond motifs is 8. The van der Waals surface area contributed by atoms with E-state index in [4.69, 9.17) is 4.42 Å². The summed E-state index contributed by atoms with van der Waals surface area (Å²) in [4.78, 5) is 0. The fraction of sp³-hybridized carbons (Fsp3) is 0. The molecule has 7 rings (SSSR count). The van der Waals surface area contributed by atoms with Crippen molar-refractivity contribution in [3.8, 4) is 5.69 Å². The molecule has 3 heterocycles. The van der Waals surface area contributed by atoms with E-state index in [1.54, 1.807) is 6.26 Å². The summed E-state index contributed by atoms with van der Waals surface area (Å²) in [6.07, 6.45) is 1.78. The van der Waals surface area contributed by atoms with Crippen molar-refractivity contribution in [3.63, 3.8) is 0 Å². The van der Waals surface area contributed by atoms with Crippen LogP contribution < -0.4 is 0 Å². The van der Waals surface area contributed by atoms with Crippen LogP contribution in [0.3, 0.4) is 0 Å². The van der Waals surface area contributed by atoms with E-state index in [-0.39, 0.29) is 0 Å². The van der Waals surface area contributed by atoms with E-state index < -0.39 is 0 Å². The Kier molecular flexibility index (Phi) is 2.91. The van der Waals surface area contributed by atoms with E-state index in [2.05, 4.69) is 83.4 Å². The van der Waals surface area contributed by atoms with E-state index in [1.165, 1.54) is 47.7 Å². The van der Waals surface area contributed by atoms with Gasteiger partial charge in [0.05, 0.1) is 22.7 Å². The van der Waals surface area contributed by atoms with Gasteiger partial charge in [-0.1, -0.05) is 36.4 Å². The molecule has 2 nitrogen and oxygen atoms in total. The van der Waals surface area contributed by atoms with Gasteiger partial charge >= 0.3 is 0 Å². The van der Waals surface area contributed by atoms with Crippen LogP contribution in [0, 0.1) is 0 Å². The van der Waals surface area contributed by atoms with Crippen molar-refractivity contribution in [2.45, 2.75) is 0 Å². The summed E-state index contributed by atoms with van der Waals surface area (Å²) in [5.41, 5.74) is 4.51. The fourth-order valence-corrected chi connectivity index (χ4v) is 5.70. The molecule has 7 aromatic rings. The summed E-state index contributed by atoms with van der Waals surface area (Å²) >= 11 is 1.85. The van der Waals surface area contributed by atoms with E-state index in [9.17, 15) is 0 Å². The predicted octanol–water partition coefficient (Wildman–Crippen LogP) is 7.90. The summed E-state index contributed by atoms with van der Waals surface area (Å²) in [5.74, 6) is 0. The number of hydrogen-bond acceptors (Lipinski definition) is 2. The minimum Gasteiger partial charge on any atom is -0.464 e. The molecule has 0 amide bonds. The molecule has 0 fully saturated rings. The highest BCUT2D eigenvalue weighted by Crippen LogP contribution is 2.39. The van der Waals surface area contributed by atoms with Gasteiger partial charge in [-0.25, -0.2) is 0 Å². The third kappa shape index (κ3) is 2.00. The van der Waals surface area contributed by atoms with E-state index >= 15 is 0 Å². The molecule has 0 aliphatic rings. The third-order valence-corrected chi connectivity index (χ3v) is 7.03. The lowest BCUT2D eigenvalue weighted by Gasteiger charge is -2.08. The molecule has 0 spiro atoms. The summed E-state index contributed by atoms with van der Waals surface area (Å²) < 4.78 is 10.9. The summed E-state index contributed by atoms with van der Waals surface area (Å²) in [6.45, 7) is 0. The summed E-state index contributed by atoms with van der Waals surface area (Å²) in [5, 5.41) is 6.17. The quantitative estimate of drug-likeness (QED) is 0.279. The average molecular weight is 389 g/mol. The van der Waals surface area contributed by atoms with Crippen LogP contribution in [0.5, 0.6) is 0 Å². The van der Waals surface area contributed by atoms with Gasteiger partial charge in [-0.15, -0.1) is 11.3 Å². The Morgan fingerprint density at radius 3 is 2.45 bits per heavy atom. The molecule has 0 saturated carbocycles. The number of benzene rings is 4. The lowest BCUT2D eigenvalue weighted by molar-refractivity contribution is 0.619. The number of aromatic nitrogens is 1. The van der Waals surface area contributed by atoms with E-state index in [1.807, 2.05) is 17.4 Å². The van der Waals surface area contributed by atoms with Crippen LogP contribution in [0.15, 0.2) is 95.6 Å². The number of rotatable bonds is 1. The maximum atomic E-state index is 5.89. The van der Waals surface area contributed by atoms with Crippen LogP contribution in [-0.4, -0.2) is 4.57 Å². The molecule has 3 aromatic heterocycles. The first-order valence-electron chi connectivity index (χ1n) is 9.69. The lowest BCUT2D eigenvalue weighted by Crippen LogP contribution is -1.93. The number of nitrogens with zero attached hydrogens (tertiary/aromatic N) is 1. The number of thiophene rings is 1. The van der Waals surface area contributed by atoms with Gasteiger partial charge in [0.2, 0.25) is 0 Å². The van der Waals surface area contributed by atoms with Crippen molar-refractivity contribution in [3.05, 3.63) is 91.2 Å². The second kappa shape index (κ2) is 5.49. The lowest BCUT2D eigenvalue weighted by atomic mass is 10.1. The number of para-hydroxylation sites is 1.